The molecule has 7 nitrogen and oxygen atoms in total. The summed E-state index contributed by atoms with van der Waals surface area (Å²) < 4.78 is 15.8. The van der Waals surface area contributed by atoms with Crippen molar-refractivity contribution in [2.75, 3.05) is 14.2 Å². The van der Waals surface area contributed by atoms with Crippen molar-refractivity contribution in [2.24, 2.45) is 7.05 Å². The lowest BCUT2D eigenvalue weighted by atomic mass is 9.98. The Labute approximate surface area is 195 Å². The first-order valence-corrected chi connectivity index (χ1v) is 11.4. The van der Waals surface area contributed by atoms with Crippen LogP contribution in [0.5, 0.6) is 11.5 Å². The maximum Gasteiger partial charge on any atom is 0.274 e. The second-order valence-corrected chi connectivity index (χ2v) is 9.97. The molecule has 2 aromatic heterocycles. The molecular formula is C26H34N4O3. The van der Waals surface area contributed by atoms with Crippen molar-refractivity contribution in [2.45, 2.75) is 59.1 Å². The summed E-state index contributed by atoms with van der Waals surface area (Å²) in [4.78, 5) is 20.2. The molecule has 4 rings (SSSR count). The Morgan fingerprint density at radius 2 is 1.91 bits per heavy atom. The smallest absolute Gasteiger partial charge is 0.274 e. The van der Waals surface area contributed by atoms with Crippen LogP contribution in [0, 0.1) is 0 Å². The molecule has 3 heterocycles. The van der Waals surface area contributed by atoms with E-state index in [0.717, 1.165) is 46.9 Å². The fourth-order valence-corrected chi connectivity index (χ4v) is 4.17. The number of methoxy groups -OCH3 is 1. The lowest BCUT2D eigenvalue weighted by Gasteiger charge is -2.32. The minimum atomic E-state index is -0.307. The third-order valence-corrected chi connectivity index (χ3v) is 6.18. The summed E-state index contributed by atoms with van der Waals surface area (Å²) >= 11 is 0. The van der Waals surface area contributed by atoms with E-state index in [2.05, 4.69) is 4.57 Å². The highest BCUT2D eigenvalue weighted by atomic mass is 16.5. The molecule has 0 bridgehead atoms. The molecule has 0 fully saturated rings. The number of aryl methyl sites for hydroxylation is 2. The van der Waals surface area contributed by atoms with Crippen molar-refractivity contribution in [3.05, 3.63) is 47.5 Å². The number of nitrogens with zero attached hydrogens (tertiary/aromatic N) is 4. The van der Waals surface area contributed by atoms with E-state index < -0.39 is 0 Å². The molecule has 0 saturated heterocycles. The average Bonchev–Trinajstić information content (AvgIpc) is 3.34. The molecule has 0 atom stereocenters. The molecular weight excluding hydrogens is 416 g/mol. The number of ether oxygens (including phenoxy) is 2. The van der Waals surface area contributed by atoms with Crippen molar-refractivity contribution in [1.29, 1.82) is 0 Å². The number of amides is 1. The SMILES string of the molecule is COc1cc2c(cc1OC(C)C)-n1c(-c3ccn(C)c3)nc(C(=O)N(C)C(C)(C)C)c1CC2. The zero-order chi connectivity index (χ0) is 24.1. The Morgan fingerprint density at radius 3 is 2.48 bits per heavy atom. The quantitative estimate of drug-likeness (QED) is 0.568. The molecule has 3 aromatic rings. The van der Waals surface area contributed by atoms with Crippen molar-refractivity contribution < 1.29 is 14.3 Å². The van der Waals surface area contributed by atoms with E-state index in [1.807, 2.05) is 83.9 Å². The fraction of sp³-hybridized carbons (Fsp3) is 0.462. The first kappa shape index (κ1) is 23.0. The zero-order valence-electron chi connectivity index (χ0n) is 20.9. The molecule has 176 valence electrons. The Kier molecular flexibility index (Phi) is 5.76. The van der Waals surface area contributed by atoms with Crippen molar-refractivity contribution in [1.82, 2.24) is 19.0 Å². The molecule has 7 heteroatoms. The first-order valence-electron chi connectivity index (χ1n) is 11.4. The van der Waals surface area contributed by atoms with Gasteiger partial charge in [-0.05, 0) is 65.2 Å². The van der Waals surface area contributed by atoms with E-state index in [-0.39, 0.29) is 17.6 Å². The number of hydrogen-bond acceptors (Lipinski definition) is 4. The molecule has 1 aliphatic rings. The fourth-order valence-electron chi connectivity index (χ4n) is 4.17. The van der Waals surface area contributed by atoms with Gasteiger partial charge in [0.25, 0.3) is 5.91 Å². The van der Waals surface area contributed by atoms with Crippen LogP contribution in [-0.4, -0.2) is 50.7 Å². The van der Waals surface area contributed by atoms with Gasteiger partial charge in [-0.1, -0.05) is 0 Å². The second kappa shape index (κ2) is 8.28. The highest BCUT2D eigenvalue weighted by Gasteiger charge is 2.33. The number of benzene rings is 1. The van der Waals surface area contributed by atoms with E-state index in [1.165, 1.54) is 0 Å². The molecule has 1 aromatic carbocycles. The Balaban J connectivity index is 1.95. The largest absolute Gasteiger partial charge is 0.493 e. The number of carbonyl (C=O) groups is 1. The van der Waals surface area contributed by atoms with Crippen LogP contribution < -0.4 is 9.47 Å². The topological polar surface area (TPSA) is 61.5 Å². The normalized spacial score (nSPS) is 13.0. The van der Waals surface area contributed by atoms with Gasteiger partial charge in [-0.2, -0.15) is 0 Å². The van der Waals surface area contributed by atoms with Crippen LogP contribution >= 0.6 is 0 Å². The molecule has 0 saturated carbocycles. The van der Waals surface area contributed by atoms with E-state index >= 15 is 0 Å². The van der Waals surface area contributed by atoms with Gasteiger partial charge in [0.15, 0.2) is 17.2 Å². The minimum Gasteiger partial charge on any atom is -0.493 e. The van der Waals surface area contributed by atoms with Gasteiger partial charge >= 0.3 is 0 Å². The number of hydrogen-bond donors (Lipinski definition) is 0. The number of rotatable bonds is 5. The number of imidazole rings is 1. The van der Waals surface area contributed by atoms with Crippen LogP contribution in [0.2, 0.25) is 0 Å². The summed E-state index contributed by atoms with van der Waals surface area (Å²) in [5.41, 5.74) is 4.23. The Morgan fingerprint density at radius 1 is 1.18 bits per heavy atom. The van der Waals surface area contributed by atoms with Crippen LogP contribution in [0.25, 0.3) is 17.1 Å². The predicted molar refractivity (Wildman–Crippen MR) is 130 cm³/mol. The van der Waals surface area contributed by atoms with Gasteiger partial charge in [0.1, 0.15) is 5.82 Å². The van der Waals surface area contributed by atoms with Crippen LogP contribution in [0.15, 0.2) is 30.6 Å². The Bertz CT molecular complexity index is 1200. The van der Waals surface area contributed by atoms with E-state index in [4.69, 9.17) is 14.5 Å². The van der Waals surface area contributed by atoms with Gasteiger partial charge in [0.2, 0.25) is 0 Å². The summed E-state index contributed by atoms with van der Waals surface area (Å²) in [6.45, 7) is 10.1. The first-order chi connectivity index (χ1) is 15.5. The molecule has 1 amide bonds. The number of carbonyl (C=O) groups excluding carboxylic acids is 1. The molecule has 0 unspecified atom stereocenters. The predicted octanol–water partition coefficient (Wildman–Crippen LogP) is 4.64. The summed E-state index contributed by atoms with van der Waals surface area (Å²) in [5, 5.41) is 0. The molecule has 33 heavy (non-hydrogen) atoms. The van der Waals surface area contributed by atoms with Gasteiger partial charge in [-0.25, -0.2) is 4.98 Å². The van der Waals surface area contributed by atoms with E-state index in [1.54, 1.807) is 12.0 Å². The Hall–Kier alpha value is -3.22. The number of fused-ring (bicyclic) bond motifs is 3. The molecule has 0 N–H and O–H groups in total. The van der Waals surface area contributed by atoms with Crippen molar-refractivity contribution in [3.8, 4) is 28.6 Å². The standard InChI is InChI=1S/C26H34N4O3/c1-16(2)33-22-14-20-17(13-21(22)32-8)9-10-19-23(25(31)29(7)26(3,4)5)27-24(30(19)20)18-11-12-28(6)15-18/h11-16H,9-10H2,1-8H3. The van der Waals surface area contributed by atoms with Gasteiger partial charge in [0.05, 0.1) is 24.6 Å². The highest BCUT2D eigenvalue weighted by Crippen LogP contribution is 2.40. The molecule has 0 aliphatic carbocycles. The summed E-state index contributed by atoms with van der Waals surface area (Å²) in [5.74, 6) is 2.10. The monoisotopic (exact) mass is 450 g/mol. The van der Waals surface area contributed by atoms with E-state index in [0.29, 0.717) is 11.4 Å². The van der Waals surface area contributed by atoms with Crippen LogP contribution in [-0.2, 0) is 19.9 Å². The van der Waals surface area contributed by atoms with Crippen LogP contribution in [0.1, 0.15) is 56.4 Å². The lowest BCUT2D eigenvalue weighted by Crippen LogP contribution is -2.43. The number of aromatic nitrogens is 3. The maximum absolute atomic E-state index is 13.5. The second-order valence-electron chi connectivity index (χ2n) is 9.97. The summed E-state index contributed by atoms with van der Waals surface area (Å²) in [6.07, 6.45) is 5.55. The molecule has 0 spiro atoms. The van der Waals surface area contributed by atoms with Gasteiger partial charge in [-0.15, -0.1) is 0 Å². The van der Waals surface area contributed by atoms with Crippen molar-refractivity contribution >= 4 is 5.91 Å². The highest BCUT2D eigenvalue weighted by molar-refractivity contribution is 5.95. The average molecular weight is 451 g/mol. The molecule has 0 radical (unpaired) electrons. The lowest BCUT2D eigenvalue weighted by molar-refractivity contribution is 0.0649. The van der Waals surface area contributed by atoms with Gasteiger partial charge in [0, 0.05) is 43.7 Å². The van der Waals surface area contributed by atoms with Gasteiger partial charge in [-0.3, -0.25) is 9.36 Å². The minimum absolute atomic E-state index is 0.00830. The van der Waals surface area contributed by atoms with Crippen LogP contribution in [0.3, 0.4) is 0 Å². The summed E-state index contributed by atoms with van der Waals surface area (Å²) in [6, 6.07) is 6.10. The van der Waals surface area contributed by atoms with Crippen molar-refractivity contribution in [3.63, 3.8) is 0 Å². The van der Waals surface area contributed by atoms with E-state index in [9.17, 15) is 4.79 Å². The maximum atomic E-state index is 13.5. The van der Waals surface area contributed by atoms with Crippen LogP contribution in [0.4, 0.5) is 0 Å². The third kappa shape index (κ3) is 4.12. The summed E-state index contributed by atoms with van der Waals surface area (Å²) in [7, 11) is 5.48. The zero-order valence-corrected chi connectivity index (χ0v) is 20.9. The molecule has 1 aliphatic heterocycles. The third-order valence-electron chi connectivity index (χ3n) is 6.18. The van der Waals surface area contributed by atoms with Gasteiger partial charge < -0.3 is 18.9 Å².